The lowest BCUT2D eigenvalue weighted by Crippen LogP contribution is -2.19. The number of nitrogens with zero attached hydrogens (tertiary/aromatic N) is 1. The fourth-order valence-corrected chi connectivity index (χ4v) is 2.33. The maximum atomic E-state index is 12.1. The number of anilines is 1. The number of halogens is 1. The Bertz CT molecular complexity index is 683. The van der Waals surface area contributed by atoms with E-state index >= 15 is 0 Å². The molecule has 4 nitrogen and oxygen atoms in total. The molecule has 1 heterocycles. The van der Waals surface area contributed by atoms with Crippen molar-refractivity contribution in [3.05, 3.63) is 57.5 Å². The number of nitrogen functional groups attached to an aromatic ring is 1. The van der Waals surface area contributed by atoms with E-state index in [1.807, 2.05) is 0 Å². The molecule has 0 fully saturated rings. The molecule has 5 heteroatoms. The summed E-state index contributed by atoms with van der Waals surface area (Å²) in [6.07, 6.45) is 4.99. The van der Waals surface area contributed by atoms with Crippen LogP contribution in [-0.2, 0) is 6.54 Å². The molecule has 0 aliphatic heterocycles. The molecule has 0 spiro atoms. The van der Waals surface area contributed by atoms with Crippen molar-refractivity contribution in [2.24, 2.45) is 0 Å². The van der Waals surface area contributed by atoms with E-state index in [2.05, 4.69) is 6.92 Å². The summed E-state index contributed by atoms with van der Waals surface area (Å²) < 4.78 is 7.16. The normalized spacial score (nSPS) is 10.6. The lowest BCUT2D eigenvalue weighted by Gasteiger charge is -2.10. The van der Waals surface area contributed by atoms with Crippen molar-refractivity contribution in [2.75, 3.05) is 12.3 Å². The Morgan fingerprint density at radius 3 is 2.77 bits per heavy atom. The number of ether oxygens (including phenoxy) is 1. The van der Waals surface area contributed by atoms with Gasteiger partial charge in [0.05, 0.1) is 13.2 Å². The zero-order chi connectivity index (χ0) is 15.9. The molecule has 0 aliphatic rings. The SMILES string of the molecule is CCCCCOc1ccn(Cc2cc(N)ccc2Cl)c(=O)c1. The summed E-state index contributed by atoms with van der Waals surface area (Å²) in [7, 11) is 0. The molecule has 1 aromatic carbocycles. The summed E-state index contributed by atoms with van der Waals surface area (Å²) in [4.78, 5) is 12.1. The average Bonchev–Trinajstić information content (AvgIpc) is 2.50. The zero-order valence-electron chi connectivity index (χ0n) is 12.7. The topological polar surface area (TPSA) is 57.2 Å². The Morgan fingerprint density at radius 1 is 1.23 bits per heavy atom. The molecule has 1 aromatic heterocycles. The van der Waals surface area contributed by atoms with Gasteiger partial charge in [-0.3, -0.25) is 4.79 Å². The highest BCUT2D eigenvalue weighted by Crippen LogP contribution is 2.19. The van der Waals surface area contributed by atoms with Crippen LogP contribution in [0.5, 0.6) is 5.75 Å². The van der Waals surface area contributed by atoms with Gasteiger partial charge < -0.3 is 15.0 Å². The van der Waals surface area contributed by atoms with Crippen molar-refractivity contribution in [1.29, 1.82) is 0 Å². The van der Waals surface area contributed by atoms with E-state index in [1.54, 1.807) is 35.0 Å². The number of benzene rings is 1. The highest BCUT2D eigenvalue weighted by molar-refractivity contribution is 6.31. The van der Waals surface area contributed by atoms with E-state index in [0.29, 0.717) is 29.6 Å². The average molecular weight is 321 g/mol. The van der Waals surface area contributed by atoms with Crippen LogP contribution in [0.3, 0.4) is 0 Å². The largest absolute Gasteiger partial charge is 0.493 e. The first-order valence-corrected chi connectivity index (χ1v) is 7.85. The van der Waals surface area contributed by atoms with Crippen LogP contribution in [0.15, 0.2) is 41.3 Å². The quantitative estimate of drug-likeness (QED) is 0.625. The minimum atomic E-state index is -0.119. The van der Waals surface area contributed by atoms with Crippen molar-refractivity contribution in [1.82, 2.24) is 4.57 Å². The first kappa shape index (κ1) is 16.4. The Balaban J connectivity index is 2.06. The zero-order valence-corrected chi connectivity index (χ0v) is 13.5. The number of rotatable bonds is 7. The fraction of sp³-hybridized carbons (Fsp3) is 0.353. The van der Waals surface area contributed by atoms with E-state index < -0.39 is 0 Å². The lowest BCUT2D eigenvalue weighted by molar-refractivity contribution is 0.305. The van der Waals surface area contributed by atoms with Gasteiger partial charge in [-0.25, -0.2) is 0 Å². The van der Waals surface area contributed by atoms with E-state index in [4.69, 9.17) is 22.1 Å². The van der Waals surface area contributed by atoms with Gasteiger partial charge in [-0.05, 0) is 36.2 Å². The van der Waals surface area contributed by atoms with Gasteiger partial charge in [0.1, 0.15) is 5.75 Å². The maximum absolute atomic E-state index is 12.1. The van der Waals surface area contributed by atoms with Crippen LogP contribution in [0.25, 0.3) is 0 Å². The van der Waals surface area contributed by atoms with Gasteiger partial charge in [-0.2, -0.15) is 0 Å². The van der Waals surface area contributed by atoms with Crippen LogP contribution in [0, 0.1) is 0 Å². The second kappa shape index (κ2) is 7.90. The third-order valence-electron chi connectivity index (χ3n) is 3.39. The Labute approximate surface area is 135 Å². The van der Waals surface area contributed by atoms with Crippen LogP contribution in [0.1, 0.15) is 31.7 Å². The molecule has 2 N–H and O–H groups in total. The number of pyridine rings is 1. The summed E-state index contributed by atoms with van der Waals surface area (Å²) >= 11 is 6.13. The Kier molecular flexibility index (Phi) is 5.90. The molecule has 0 saturated heterocycles. The summed E-state index contributed by atoms with van der Waals surface area (Å²) in [6, 6.07) is 8.56. The Morgan fingerprint density at radius 2 is 2.05 bits per heavy atom. The number of hydrogen-bond acceptors (Lipinski definition) is 3. The smallest absolute Gasteiger partial charge is 0.254 e. The fourth-order valence-electron chi connectivity index (χ4n) is 2.15. The Hall–Kier alpha value is -1.94. The molecule has 2 aromatic rings. The van der Waals surface area contributed by atoms with Crippen molar-refractivity contribution >= 4 is 17.3 Å². The van der Waals surface area contributed by atoms with Gasteiger partial charge in [0.2, 0.25) is 0 Å². The molecular weight excluding hydrogens is 300 g/mol. The number of nitrogens with two attached hydrogens (primary N) is 1. The molecule has 0 amide bonds. The predicted octanol–water partition coefficient (Wildman–Crippen LogP) is 3.70. The van der Waals surface area contributed by atoms with Crippen molar-refractivity contribution in [2.45, 2.75) is 32.7 Å². The van der Waals surface area contributed by atoms with Gasteiger partial charge in [0, 0.05) is 23.0 Å². The van der Waals surface area contributed by atoms with Gasteiger partial charge in [0.25, 0.3) is 5.56 Å². The molecule has 118 valence electrons. The highest BCUT2D eigenvalue weighted by Gasteiger charge is 2.05. The highest BCUT2D eigenvalue weighted by atomic mass is 35.5. The first-order chi connectivity index (χ1) is 10.6. The summed E-state index contributed by atoms with van der Waals surface area (Å²) in [5.74, 6) is 0.607. The standard InChI is InChI=1S/C17H21ClN2O2/c1-2-3-4-9-22-15-7-8-20(17(21)11-15)12-13-10-14(19)5-6-16(13)18/h5-8,10-11H,2-4,9,12,19H2,1H3. The maximum Gasteiger partial charge on any atom is 0.254 e. The van der Waals surface area contributed by atoms with E-state index in [1.165, 1.54) is 6.07 Å². The second-order valence-electron chi connectivity index (χ2n) is 5.23. The van der Waals surface area contributed by atoms with Crippen LogP contribution in [0.4, 0.5) is 5.69 Å². The molecule has 0 radical (unpaired) electrons. The van der Waals surface area contributed by atoms with Crippen molar-refractivity contribution in [3.8, 4) is 5.75 Å². The van der Waals surface area contributed by atoms with Crippen LogP contribution in [0.2, 0.25) is 5.02 Å². The second-order valence-corrected chi connectivity index (χ2v) is 5.64. The first-order valence-electron chi connectivity index (χ1n) is 7.47. The monoisotopic (exact) mass is 320 g/mol. The van der Waals surface area contributed by atoms with E-state index in [-0.39, 0.29) is 5.56 Å². The minimum absolute atomic E-state index is 0.119. The third kappa shape index (κ3) is 4.53. The minimum Gasteiger partial charge on any atom is -0.493 e. The van der Waals surface area contributed by atoms with E-state index in [9.17, 15) is 4.79 Å². The van der Waals surface area contributed by atoms with Gasteiger partial charge >= 0.3 is 0 Å². The van der Waals surface area contributed by atoms with E-state index in [0.717, 1.165) is 24.8 Å². The van der Waals surface area contributed by atoms with Crippen LogP contribution >= 0.6 is 11.6 Å². The summed E-state index contributed by atoms with van der Waals surface area (Å²) in [5.41, 5.74) is 7.09. The number of unbranched alkanes of at least 4 members (excludes halogenated alkanes) is 2. The summed E-state index contributed by atoms with van der Waals surface area (Å²) in [5, 5.41) is 0.598. The molecule has 22 heavy (non-hydrogen) atoms. The van der Waals surface area contributed by atoms with Gasteiger partial charge in [0.15, 0.2) is 0 Å². The predicted molar refractivity (Wildman–Crippen MR) is 90.7 cm³/mol. The van der Waals surface area contributed by atoms with Crippen molar-refractivity contribution in [3.63, 3.8) is 0 Å². The van der Waals surface area contributed by atoms with Gasteiger partial charge in [-0.1, -0.05) is 31.4 Å². The lowest BCUT2D eigenvalue weighted by atomic mass is 10.2. The molecule has 0 atom stereocenters. The molecular formula is C17H21ClN2O2. The number of aromatic nitrogens is 1. The molecule has 0 unspecified atom stereocenters. The molecule has 2 rings (SSSR count). The third-order valence-corrected chi connectivity index (χ3v) is 3.76. The van der Waals surface area contributed by atoms with Gasteiger partial charge in [-0.15, -0.1) is 0 Å². The number of hydrogen-bond donors (Lipinski definition) is 1. The van der Waals surface area contributed by atoms with Crippen molar-refractivity contribution < 1.29 is 4.74 Å². The van der Waals surface area contributed by atoms with Crippen LogP contribution in [-0.4, -0.2) is 11.2 Å². The summed E-state index contributed by atoms with van der Waals surface area (Å²) in [6.45, 7) is 3.17. The molecule has 0 aliphatic carbocycles. The molecule has 0 saturated carbocycles. The van der Waals surface area contributed by atoms with Crippen LogP contribution < -0.4 is 16.0 Å². The molecule has 0 bridgehead atoms.